The summed E-state index contributed by atoms with van der Waals surface area (Å²) in [7, 11) is 0. The predicted octanol–water partition coefficient (Wildman–Crippen LogP) is 4.35. The summed E-state index contributed by atoms with van der Waals surface area (Å²) < 4.78 is 5.69. The average Bonchev–Trinajstić information content (AvgIpc) is 3.15. The Kier molecular flexibility index (Phi) is 3.02. The molecule has 1 aromatic carbocycles. The topological polar surface area (TPSA) is 30.2 Å². The average molecular weight is 307 g/mol. The van der Waals surface area contributed by atoms with Gasteiger partial charge < -0.3 is 4.42 Å². The summed E-state index contributed by atoms with van der Waals surface area (Å²) in [5.41, 5.74) is 2.04. The molecule has 94 valence electrons. The zero-order valence-electron chi connectivity index (χ0n) is 10.3. The molecule has 0 saturated heterocycles. The molecule has 2 nitrogen and oxygen atoms in total. The lowest BCUT2D eigenvalue weighted by Crippen LogP contribution is -2.15. The molecule has 18 heavy (non-hydrogen) atoms. The van der Waals surface area contributed by atoms with Gasteiger partial charge in [-0.15, -0.1) is 0 Å². The lowest BCUT2D eigenvalue weighted by molar-refractivity contribution is 0.0960. The molecule has 1 aromatic heterocycles. The van der Waals surface area contributed by atoms with Crippen LogP contribution in [-0.4, -0.2) is 10.6 Å². The molecule has 0 spiro atoms. The van der Waals surface area contributed by atoms with Crippen LogP contribution in [-0.2, 0) is 6.42 Å². The van der Waals surface area contributed by atoms with Gasteiger partial charge in [-0.25, -0.2) is 0 Å². The van der Waals surface area contributed by atoms with Crippen LogP contribution in [0.3, 0.4) is 0 Å². The first-order chi connectivity index (χ1) is 8.69. The summed E-state index contributed by atoms with van der Waals surface area (Å²) in [5, 5.41) is 1.01. The maximum absolute atomic E-state index is 12.2. The van der Waals surface area contributed by atoms with E-state index < -0.39 is 0 Å². The van der Waals surface area contributed by atoms with Gasteiger partial charge in [0.2, 0.25) is 5.78 Å². The smallest absolute Gasteiger partial charge is 0.211 e. The molecule has 1 atom stereocenters. The Balaban J connectivity index is 1.94. The van der Waals surface area contributed by atoms with Gasteiger partial charge in [0.05, 0.1) is 4.83 Å². The second kappa shape index (κ2) is 4.54. The minimum absolute atomic E-state index is 0.0757. The minimum Gasteiger partial charge on any atom is -0.453 e. The van der Waals surface area contributed by atoms with Crippen molar-refractivity contribution in [2.24, 2.45) is 5.92 Å². The van der Waals surface area contributed by atoms with E-state index in [1.165, 1.54) is 5.56 Å². The second-order valence-corrected chi connectivity index (χ2v) is 5.93. The molecule has 0 amide bonds. The molecule has 1 aliphatic carbocycles. The van der Waals surface area contributed by atoms with Gasteiger partial charge in [0.25, 0.3) is 0 Å². The molecule has 1 fully saturated rings. The summed E-state index contributed by atoms with van der Waals surface area (Å²) in [6.45, 7) is 2.11. The van der Waals surface area contributed by atoms with E-state index in [0.29, 0.717) is 11.7 Å². The van der Waals surface area contributed by atoms with E-state index in [1.54, 1.807) is 0 Å². The van der Waals surface area contributed by atoms with E-state index in [0.717, 1.165) is 30.2 Å². The van der Waals surface area contributed by atoms with Gasteiger partial charge in [0, 0.05) is 5.39 Å². The largest absolute Gasteiger partial charge is 0.453 e. The monoisotopic (exact) mass is 306 g/mol. The van der Waals surface area contributed by atoms with Gasteiger partial charge in [-0.05, 0) is 42.9 Å². The van der Waals surface area contributed by atoms with Crippen molar-refractivity contribution in [2.45, 2.75) is 31.0 Å². The van der Waals surface area contributed by atoms with E-state index in [2.05, 4.69) is 28.9 Å². The second-order valence-electron chi connectivity index (χ2n) is 4.94. The fraction of sp³-hybridized carbons (Fsp3) is 0.400. The molecule has 1 unspecified atom stereocenters. The molecule has 0 N–H and O–H groups in total. The van der Waals surface area contributed by atoms with Crippen LogP contribution < -0.4 is 0 Å². The van der Waals surface area contributed by atoms with Gasteiger partial charge in [-0.3, -0.25) is 4.79 Å². The van der Waals surface area contributed by atoms with Crippen molar-refractivity contribution in [3.63, 3.8) is 0 Å². The highest BCUT2D eigenvalue weighted by molar-refractivity contribution is 9.10. The van der Waals surface area contributed by atoms with Crippen molar-refractivity contribution in [1.29, 1.82) is 0 Å². The Labute approximate surface area is 114 Å². The number of aryl methyl sites for hydroxylation is 1. The zero-order chi connectivity index (χ0) is 12.7. The predicted molar refractivity (Wildman–Crippen MR) is 75.4 cm³/mol. The Morgan fingerprint density at radius 2 is 2.22 bits per heavy atom. The van der Waals surface area contributed by atoms with Crippen molar-refractivity contribution < 1.29 is 9.21 Å². The van der Waals surface area contributed by atoms with Gasteiger partial charge in [0.1, 0.15) is 5.58 Å². The third kappa shape index (κ3) is 2.12. The van der Waals surface area contributed by atoms with Gasteiger partial charge in [-0.1, -0.05) is 35.0 Å². The molecule has 1 saturated carbocycles. The Morgan fingerprint density at radius 3 is 2.89 bits per heavy atom. The number of ketones is 1. The van der Waals surface area contributed by atoms with Crippen molar-refractivity contribution in [3.8, 4) is 0 Å². The Morgan fingerprint density at radius 1 is 1.44 bits per heavy atom. The first-order valence-corrected chi connectivity index (χ1v) is 7.31. The number of halogens is 1. The summed E-state index contributed by atoms with van der Waals surface area (Å²) >= 11 is 3.48. The number of benzene rings is 1. The fourth-order valence-electron chi connectivity index (χ4n) is 2.16. The quantitative estimate of drug-likeness (QED) is 0.621. The summed E-state index contributed by atoms with van der Waals surface area (Å²) in [5.74, 6) is 1.05. The SMILES string of the molecule is CCc1ccc2cc(C(=O)C(Br)C3CC3)oc2c1. The first-order valence-electron chi connectivity index (χ1n) is 6.40. The van der Waals surface area contributed by atoms with Crippen molar-refractivity contribution in [1.82, 2.24) is 0 Å². The van der Waals surface area contributed by atoms with E-state index in [9.17, 15) is 4.79 Å². The number of hydrogen-bond acceptors (Lipinski definition) is 2. The number of hydrogen-bond donors (Lipinski definition) is 0. The molecule has 2 aromatic rings. The highest BCUT2D eigenvalue weighted by Crippen LogP contribution is 2.38. The Hall–Kier alpha value is -1.09. The number of furan rings is 1. The lowest BCUT2D eigenvalue weighted by atomic mass is 10.1. The van der Waals surface area contributed by atoms with Crippen molar-refractivity contribution in [3.05, 3.63) is 35.6 Å². The fourth-order valence-corrected chi connectivity index (χ4v) is 2.91. The van der Waals surface area contributed by atoms with E-state index in [1.807, 2.05) is 18.2 Å². The van der Waals surface area contributed by atoms with Crippen LogP contribution >= 0.6 is 15.9 Å². The maximum atomic E-state index is 12.2. The van der Waals surface area contributed by atoms with Crippen molar-refractivity contribution >= 4 is 32.7 Å². The molecular formula is C15H15BrO2. The molecule has 3 heteroatoms. The van der Waals surface area contributed by atoms with Crippen LogP contribution in [0.4, 0.5) is 0 Å². The molecule has 1 aliphatic rings. The van der Waals surface area contributed by atoms with Gasteiger partial charge >= 0.3 is 0 Å². The van der Waals surface area contributed by atoms with E-state index in [4.69, 9.17) is 4.42 Å². The molecule has 3 rings (SSSR count). The molecular weight excluding hydrogens is 292 g/mol. The lowest BCUT2D eigenvalue weighted by Gasteiger charge is -2.03. The summed E-state index contributed by atoms with van der Waals surface area (Å²) in [4.78, 5) is 12.1. The van der Waals surface area contributed by atoms with Crippen LogP contribution in [0, 0.1) is 5.92 Å². The highest BCUT2D eigenvalue weighted by Gasteiger charge is 2.35. The van der Waals surface area contributed by atoms with Crippen LogP contribution in [0.25, 0.3) is 11.0 Å². The number of carbonyl (C=O) groups is 1. The molecule has 0 radical (unpaired) electrons. The standard InChI is InChI=1S/C15H15BrO2/c1-2-9-3-4-11-8-13(18-12(11)7-9)15(17)14(16)10-5-6-10/h3-4,7-8,10,14H,2,5-6H2,1H3. The van der Waals surface area contributed by atoms with E-state index in [-0.39, 0.29) is 10.6 Å². The summed E-state index contributed by atoms with van der Waals surface area (Å²) in [6.07, 6.45) is 3.26. The van der Waals surface area contributed by atoms with Gasteiger partial charge in [-0.2, -0.15) is 0 Å². The molecule has 1 heterocycles. The third-order valence-corrected chi connectivity index (χ3v) is 4.69. The van der Waals surface area contributed by atoms with E-state index >= 15 is 0 Å². The van der Waals surface area contributed by atoms with Crippen LogP contribution in [0.1, 0.15) is 35.9 Å². The number of alkyl halides is 1. The van der Waals surface area contributed by atoms with Crippen LogP contribution in [0.15, 0.2) is 28.7 Å². The summed E-state index contributed by atoms with van der Waals surface area (Å²) in [6, 6.07) is 7.98. The van der Waals surface area contributed by atoms with Gasteiger partial charge in [0.15, 0.2) is 5.76 Å². The number of Topliss-reactive ketones (excluding diaryl/α,β-unsaturated/α-hetero) is 1. The number of carbonyl (C=O) groups excluding carboxylic acids is 1. The molecule has 0 aliphatic heterocycles. The maximum Gasteiger partial charge on any atom is 0.211 e. The van der Waals surface area contributed by atoms with Crippen LogP contribution in [0.2, 0.25) is 0 Å². The minimum atomic E-state index is -0.0799. The van der Waals surface area contributed by atoms with Crippen LogP contribution in [0.5, 0.6) is 0 Å². The number of fused-ring (bicyclic) bond motifs is 1. The zero-order valence-corrected chi connectivity index (χ0v) is 11.9. The first kappa shape index (κ1) is 12.0. The molecule has 0 bridgehead atoms. The highest BCUT2D eigenvalue weighted by atomic mass is 79.9. The Bertz CT molecular complexity index is 596. The normalized spacial score (nSPS) is 17.0. The van der Waals surface area contributed by atoms with Crippen molar-refractivity contribution in [2.75, 3.05) is 0 Å². The number of rotatable bonds is 4. The third-order valence-electron chi connectivity index (χ3n) is 3.52.